The van der Waals surface area contributed by atoms with Crippen molar-refractivity contribution in [1.29, 1.82) is 0 Å². The Morgan fingerprint density at radius 2 is 2.29 bits per heavy atom. The quantitative estimate of drug-likeness (QED) is 0.885. The summed E-state index contributed by atoms with van der Waals surface area (Å²) >= 11 is 1.73. The van der Waals surface area contributed by atoms with Crippen LogP contribution in [0.4, 0.5) is 5.95 Å². The predicted octanol–water partition coefficient (Wildman–Crippen LogP) is 2.86. The Morgan fingerprint density at radius 3 is 3.00 bits per heavy atom. The third-order valence-electron chi connectivity index (χ3n) is 2.30. The van der Waals surface area contributed by atoms with E-state index in [1.54, 1.807) is 23.6 Å². The zero-order chi connectivity index (χ0) is 12.1. The van der Waals surface area contributed by atoms with Gasteiger partial charge in [0.15, 0.2) is 0 Å². The van der Waals surface area contributed by atoms with Gasteiger partial charge >= 0.3 is 0 Å². The standard InChI is InChI=1S/C12H15N3OS/c1-3-16-11-4-6-13-12(15-11)14-8-10-9(2)5-7-17-10/h4-7H,3,8H2,1-2H3,(H,13,14,15). The fourth-order valence-electron chi connectivity index (χ4n) is 1.40. The van der Waals surface area contributed by atoms with E-state index in [2.05, 4.69) is 33.7 Å². The summed E-state index contributed by atoms with van der Waals surface area (Å²) in [5.74, 6) is 1.21. The fourth-order valence-corrected chi connectivity index (χ4v) is 2.25. The number of aromatic nitrogens is 2. The van der Waals surface area contributed by atoms with Crippen LogP contribution in [0.3, 0.4) is 0 Å². The molecule has 0 saturated heterocycles. The van der Waals surface area contributed by atoms with Gasteiger partial charge in [-0.1, -0.05) is 0 Å². The molecule has 17 heavy (non-hydrogen) atoms. The van der Waals surface area contributed by atoms with Gasteiger partial charge in [-0.3, -0.25) is 0 Å². The minimum Gasteiger partial charge on any atom is -0.478 e. The molecule has 2 rings (SSSR count). The van der Waals surface area contributed by atoms with E-state index in [1.165, 1.54) is 10.4 Å². The summed E-state index contributed by atoms with van der Waals surface area (Å²) in [6, 6.07) is 3.87. The molecular formula is C12H15N3OS. The first-order chi connectivity index (χ1) is 8.29. The van der Waals surface area contributed by atoms with E-state index < -0.39 is 0 Å². The first-order valence-electron chi connectivity index (χ1n) is 5.52. The number of hydrogen-bond donors (Lipinski definition) is 1. The van der Waals surface area contributed by atoms with Crippen molar-refractivity contribution in [3.8, 4) is 5.88 Å². The second-order valence-corrected chi connectivity index (χ2v) is 4.53. The van der Waals surface area contributed by atoms with Crippen molar-refractivity contribution >= 4 is 17.3 Å². The molecule has 1 N–H and O–H groups in total. The van der Waals surface area contributed by atoms with Crippen LogP contribution in [0, 0.1) is 6.92 Å². The summed E-state index contributed by atoms with van der Waals surface area (Å²) in [7, 11) is 0. The second kappa shape index (κ2) is 5.63. The molecule has 90 valence electrons. The number of hydrogen-bond acceptors (Lipinski definition) is 5. The fraction of sp³-hybridized carbons (Fsp3) is 0.333. The normalized spacial score (nSPS) is 10.2. The highest BCUT2D eigenvalue weighted by Crippen LogP contribution is 2.17. The highest BCUT2D eigenvalue weighted by Gasteiger charge is 2.02. The largest absolute Gasteiger partial charge is 0.478 e. The van der Waals surface area contributed by atoms with E-state index in [0.29, 0.717) is 18.4 Å². The lowest BCUT2D eigenvalue weighted by molar-refractivity contribution is 0.326. The maximum atomic E-state index is 5.32. The van der Waals surface area contributed by atoms with E-state index in [-0.39, 0.29) is 0 Å². The molecule has 5 heteroatoms. The van der Waals surface area contributed by atoms with Crippen LogP contribution in [0.5, 0.6) is 5.88 Å². The van der Waals surface area contributed by atoms with Crippen molar-refractivity contribution in [1.82, 2.24) is 9.97 Å². The molecule has 0 atom stereocenters. The van der Waals surface area contributed by atoms with Gasteiger partial charge < -0.3 is 10.1 Å². The van der Waals surface area contributed by atoms with Gasteiger partial charge in [0.05, 0.1) is 13.2 Å². The van der Waals surface area contributed by atoms with Gasteiger partial charge in [0.1, 0.15) is 0 Å². The topological polar surface area (TPSA) is 47.0 Å². The average molecular weight is 249 g/mol. The van der Waals surface area contributed by atoms with E-state index in [0.717, 1.165) is 6.54 Å². The van der Waals surface area contributed by atoms with Gasteiger partial charge in [0, 0.05) is 17.1 Å². The van der Waals surface area contributed by atoms with Crippen LogP contribution in [-0.4, -0.2) is 16.6 Å². The molecule has 2 aromatic rings. The Labute approximate surface area is 105 Å². The molecule has 0 amide bonds. The Bertz CT molecular complexity index is 484. The van der Waals surface area contributed by atoms with Crippen LogP contribution < -0.4 is 10.1 Å². The first kappa shape index (κ1) is 11.9. The maximum absolute atomic E-state index is 5.32. The summed E-state index contributed by atoms with van der Waals surface area (Å²) in [6.07, 6.45) is 1.70. The summed E-state index contributed by atoms with van der Waals surface area (Å²) in [4.78, 5) is 9.71. The highest BCUT2D eigenvalue weighted by molar-refractivity contribution is 7.10. The minimum atomic E-state index is 0.601. The van der Waals surface area contributed by atoms with Gasteiger partial charge in [-0.15, -0.1) is 11.3 Å². The van der Waals surface area contributed by atoms with Gasteiger partial charge in [-0.2, -0.15) is 4.98 Å². The Balaban J connectivity index is 1.99. The molecule has 2 aromatic heterocycles. The molecule has 0 aliphatic carbocycles. The molecule has 0 radical (unpaired) electrons. The van der Waals surface area contributed by atoms with E-state index in [1.807, 2.05) is 6.92 Å². The lowest BCUT2D eigenvalue weighted by atomic mass is 10.3. The van der Waals surface area contributed by atoms with Crippen molar-refractivity contribution in [2.24, 2.45) is 0 Å². The van der Waals surface area contributed by atoms with E-state index >= 15 is 0 Å². The minimum absolute atomic E-state index is 0.601. The highest BCUT2D eigenvalue weighted by atomic mass is 32.1. The summed E-state index contributed by atoms with van der Waals surface area (Å²) < 4.78 is 5.32. The zero-order valence-electron chi connectivity index (χ0n) is 9.93. The lowest BCUT2D eigenvalue weighted by Gasteiger charge is -2.06. The Hall–Kier alpha value is -1.62. The monoisotopic (exact) mass is 249 g/mol. The maximum Gasteiger partial charge on any atom is 0.226 e. The number of anilines is 1. The molecule has 0 aliphatic rings. The Morgan fingerprint density at radius 1 is 1.41 bits per heavy atom. The summed E-state index contributed by atoms with van der Waals surface area (Å²) in [5.41, 5.74) is 1.29. The lowest BCUT2D eigenvalue weighted by Crippen LogP contribution is -2.04. The van der Waals surface area contributed by atoms with Crippen molar-refractivity contribution in [3.05, 3.63) is 34.2 Å². The molecule has 4 nitrogen and oxygen atoms in total. The molecule has 0 aliphatic heterocycles. The number of nitrogens with zero attached hydrogens (tertiary/aromatic N) is 2. The van der Waals surface area contributed by atoms with Crippen molar-refractivity contribution in [2.75, 3.05) is 11.9 Å². The van der Waals surface area contributed by atoms with E-state index in [9.17, 15) is 0 Å². The Kier molecular flexibility index (Phi) is 3.93. The summed E-state index contributed by atoms with van der Waals surface area (Å²) in [5, 5.41) is 5.28. The van der Waals surface area contributed by atoms with Crippen molar-refractivity contribution in [3.63, 3.8) is 0 Å². The third kappa shape index (κ3) is 3.17. The molecule has 0 fully saturated rings. The molecule has 0 unspecified atom stereocenters. The molecule has 0 saturated carbocycles. The molecular weight excluding hydrogens is 234 g/mol. The average Bonchev–Trinajstić information content (AvgIpc) is 2.73. The molecule has 2 heterocycles. The van der Waals surface area contributed by atoms with Gasteiger partial charge in [-0.05, 0) is 30.9 Å². The molecule has 0 aromatic carbocycles. The first-order valence-corrected chi connectivity index (χ1v) is 6.40. The zero-order valence-corrected chi connectivity index (χ0v) is 10.8. The molecule has 0 bridgehead atoms. The van der Waals surface area contributed by atoms with Crippen LogP contribution >= 0.6 is 11.3 Å². The number of thiophene rings is 1. The number of rotatable bonds is 5. The molecule has 0 spiro atoms. The predicted molar refractivity (Wildman–Crippen MR) is 69.6 cm³/mol. The van der Waals surface area contributed by atoms with Crippen molar-refractivity contribution in [2.45, 2.75) is 20.4 Å². The SMILES string of the molecule is CCOc1ccnc(NCc2sccc2C)n1. The number of nitrogens with one attached hydrogen (secondary N) is 1. The van der Waals surface area contributed by atoms with Gasteiger partial charge in [-0.25, -0.2) is 4.98 Å². The number of aryl methyl sites for hydroxylation is 1. The van der Waals surface area contributed by atoms with Crippen LogP contribution in [0.25, 0.3) is 0 Å². The van der Waals surface area contributed by atoms with E-state index in [4.69, 9.17) is 4.74 Å². The second-order valence-electron chi connectivity index (χ2n) is 3.53. The van der Waals surface area contributed by atoms with Crippen LogP contribution in [0.15, 0.2) is 23.7 Å². The van der Waals surface area contributed by atoms with Gasteiger partial charge in [0.25, 0.3) is 0 Å². The third-order valence-corrected chi connectivity index (χ3v) is 3.32. The van der Waals surface area contributed by atoms with Crippen molar-refractivity contribution < 1.29 is 4.74 Å². The van der Waals surface area contributed by atoms with Gasteiger partial charge in [0.2, 0.25) is 11.8 Å². The summed E-state index contributed by atoms with van der Waals surface area (Å²) in [6.45, 7) is 5.40. The van der Waals surface area contributed by atoms with Crippen LogP contribution in [-0.2, 0) is 6.54 Å². The van der Waals surface area contributed by atoms with Crippen LogP contribution in [0.2, 0.25) is 0 Å². The van der Waals surface area contributed by atoms with Crippen LogP contribution in [0.1, 0.15) is 17.4 Å². The smallest absolute Gasteiger partial charge is 0.226 e. The number of ether oxygens (including phenoxy) is 1.